The van der Waals surface area contributed by atoms with Gasteiger partial charge in [-0.05, 0) is 61.0 Å². The molecule has 0 bridgehead atoms. The zero-order chi connectivity index (χ0) is 33.8. The molecule has 12 heteroatoms. The number of rotatable bonds is 9. The van der Waals surface area contributed by atoms with Crippen LogP contribution in [0.3, 0.4) is 0 Å². The highest BCUT2D eigenvalue weighted by Crippen LogP contribution is 2.34. The van der Waals surface area contributed by atoms with Crippen molar-refractivity contribution >= 4 is 29.5 Å². The standard InChI is InChI=1S/C29H27F5N2O4S.2C2H6/c1-35(41-28-26(33)24(31)23(30)25(32)27(28)34)15-22(38)36(19-11-12-20(29(39)40)21(37)13-19)14-16-7-9-18(10-8-16)17-5-3-2-4-6-17;2*1-2/h7-13,17,37H,2-6,14-15H2,1H3,(H,39,40);2*1-2H3. The average molecular weight is 655 g/mol. The molecule has 4 rings (SSSR count). The minimum atomic E-state index is -2.28. The van der Waals surface area contributed by atoms with Crippen LogP contribution in [0.2, 0.25) is 0 Å². The van der Waals surface area contributed by atoms with E-state index in [1.807, 2.05) is 52.0 Å². The SMILES string of the molecule is CC.CC.CN(CC(=O)N(Cc1ccc(C2CCCCC2)cc1)c1ccc(C(=O)O)c(O)c1)Sc1c(F)c(F)c(F)c(F)c1F. The maximum atomic E-state index is 14.2. The molecule has 1 aliphatic rings. The number of carboxylic acid groups (broad SMARTS) is 1. The van der Waals surface area contributed by atoms with Crippen molar-refractivity contribution in [3.05, 3.63) is 88.2 Å². The Labute approximate surface area is 265 Å². The molecule has 3 aromatic carbocycles. The third kappa shape index (κ3) is 9.43. The zero-order valence-electron chi connectivity index (χ0n) is 26.0. The number of aromatic carboxylic acids is 1. The van der Waals surface area contributed by atoms with Crippen LogP contribution in [-0.4, -0.2) is 40.0 Å². The fraction of sp³-hybridized carbons (Fsp3) is 0.394. The summed E-state index contributed by atoms with van der Waals surface area (Å²) in [6.45, 7) is 7.46. The molecule has 6 nitrogen and oxygen atoms in total. The van der Waals surface area contributed by atoms with Crippen molar-refractivity contribution in [3.63, 3.8) is 0 Å². The number of anilines is 1. The van der Waals surface area contributed by atoms with E-state index in [4.69, 9.17) is 0 Å². The number of carbonyl (C=O) groups excluding carboxylic acids is 1. The van der Waals surface area contributed by atoms with E-state index in [-0.39, 0.29) is 29.7 Å². The maximum absolute atomic E-state index is 14.2. The third-order valence-electron chi connectivity index (χ3n) is 7.00. The molecule has 2 N–H and O–H groups in total. The monoisotopic (exact) mass is 654 g/mol. The van der Waals surface area contributed by atoms with Crippen molar-refractivity contribution < 1.29 is 41.8 Å². The average Bonchev–Trinajstić information content (AvgIpc) is 3.06. The van der Waals surface area contributed by atoms with Gasteiger partial charge in [-0.15, -0.1) is 0 Å². The van der Waals surface area contributed by atoms with Crippen LogP contribution in [0.25, 0.3) is 0 Å². The maximum Gasteiger partial charge on any atom is 0.339 e. The molecule has 1 saturated carbocycles. The molecule has 0 aromatic heterocycles. The number of carbonyl (C=O) groups is 2. The first-order chi connectivity index (χ1) is 21.5. The third-order valence-corrected chi connectivity index (χ3v) is 7.98. The second-order valence-electron chi connectivity index (χ2n) is 9.84. The van der Waals surface area contributed by atoms with Gasteiger partial charge in [-0.2, -0.15) is 0 Å². The molecule has 0 aliphatic heterocycles. The largest absolute Gasteiger partial charge is 0.507 e. The van der Waals surface area contributed by atoms with Crippen LogP contribution in [0.1, 0.15) is 87.2 Å². The Morgan fingerprint density at radius 1 is 0.822 bits per heavy atom. The summed E-state index contributed by atoms with van der Waals surface area (Å²) in [7, 11) is 1.24. The summed E-state index contributed by atoms with van der Waals surface area (Å²) in [5, 5.41) is 19.5. The molecular formula is C33H39F5N2O4S. The zero-order valence-corrected chi connectivity index (χ0v) is 26.8. The van der Waals surface area contributed by atoms with E-state index in [2.05, 4.69) is 0 Å². The van der Waals surface area contributed by atoms with Crippen molar-refractivity contribution in [2.24, 2.45) is 0 Å². The Kier molecular flexibility index (Phi) is 14.8. The molecule has 246 valence electrons. The predicted octanol–water partition coefficient (Wildman–Crippen LogP) is 9.06. The normalized spacial score (nSPS) is 13.0. The summed E-state index contributed by atoms with van der Waals surface area (Å²) in [4.78, 5) is 24.8. The fourth-order valence-corrected chi connectivity index (χ4v) is 5.66. The Balaban J connectivity index is 0.00000169. The Morgan fingerprint density at radius 3 is 1.87 bits per heavy atom. The highest BCUT2D eigenvalue weighted by atomic mass is 32.2. The van der Waals surface area contributed by atoms with Crippen molar-refractivity contribution in [2.45, 2.75) is 77.2 Å². The van der Waals surface area contributed by atoms with Gasteiger partial charge in [-0.25, -0.2) is 31.1 Å². The van der Waals surface area contributed by atoms with Gasteiger partial charge in [-0.1, -0.05) is 71.2 Å². The van der Waals surface area contributed by atoms with Crippen molar-refractivity contribution in [3.8, 4) is 5.75 Å². The molecule has 45 heavy (non-hydrogen) atoms. The van der Waals surface area contributed by atoms with Gasteiger partial charge in [0.2, 0.25) is 11.7 Å². The van der Waals surface area contributed by atoms with Gasteiger partial charge >= 0.3 is 5.97 Å². The van der Waals surface area contributed by atoms with E-state index < -0.39 is 58.2 Å². The van der Waals surface area contributed by atoms with E-state index in [1.165, 1.54) is 42.8 Å². The lowest BCUT2D eigenvalue weighted by Gasteiger charge is -2.26. The molecule has 0 radical (unpaired) electrons. The van der Waals surface area contributed by atoms with Gasteiger partial charge in [0, 0.05) is 11.8 Å². The molecule has 1 aliphatic carbocycles. The number of likely N-dealkylation sites (N-methyl/N-ethyl adjacent to an activating group) is 1. The number of aromatic hydroxyl groups is 1. The molecule has 1 fully saturated rings. The van der Waals surface area contributed by atoms with E-state index >= 15 is 0 Å². The van der Waals surface area contributed by atoms with Crippen molar-refractivity contribution in [2.75, 3.05) is 18.5 Å². The summed E-state index contributed by atoms with van der Waals surface area (Å²) in [5.41, 5.74) is 1.67. The van der Waals surface area contributed by atoms with Gasteiger partial charge < -0.3 is 15.1 Å². The number of nitrogens with zero attached hydrogens (tertiary/aromatic N) is 2. The van der Waals surface area contributed by atoms with Crippen LogP contribution in [-0.2, 0) is 11.3 Å². The topological polar surface area (TPSA) is 81.1 Å². The number of amides is 1. The molecule has 0 heterocycles. The molecular weight excluding hydrogens is 615 g/mol. The quantitative estimate of drug-likeness (QED) is 0.104. The molecule has 0 spiro atoms. The molecule has 0 unspecified atom stereocenters. The smallest absolute Gasteiger partial charge is 0.339 e. The lowest BCUT2D eigenvalue weighted by molar-refractivity contribution is -0.118. The first kappa shape index (κ1) is 37.5. The van der Waals surface area contributed by atoms with Gasteiger partial charge in [0.1, 0.15) is 16.2 Å². The Hall–Kier alpha value is -3.64. The van der Waals surface area contributed by atoms with E-state index in [1.54, 1.807) is 0 Å². The number of carboxylic acids is 1. The summed E-state index contributed by atoms with van der Waals surface area (Å²) < 4.78 is 70.1. The molecule has 0 saturated heterocycles. The van der Waals surface area contributed by atoms with E-state index in [9.17, 15) is 41.8 Å². The van der Waals surface area contributed by atoms with Crippen LogP contribution < -0.4 is 4.90 Å². The van der Waals surface area contributed by atoms with Gasteiger partial charge in [0.25, 0.3) is 0 Å². The highest BCUT2D eigenvalue weighted by molar-refractivity contribution is 7.97. The number of benzene rings is 3. The second-order valence-corrected chi connectivity index (χ2v) is 11.1. The molecule has 3 aromatic rings. The summed E-state index contributed by atoms with van der Waals surface area (Å²) in [6.07, 6.45) is 5.76. The van der Waals surface area contributed by atoms with E-state index in [0.29, 0.717) is 5.92 Å². The van der Waals surface area contributed by atoms with E-state index in [0.717, 1.165) is 34.8 Å². The number of halogens is 5. The molecule has 0 atom stereocenters. The highest BCUT2D eigenvalue weighted by Gasteiger charge is 2.28. The Morgan fingerprint density at radius 2 is 1.36 bits per heavy atom. The van der Waals surface area contributed by atoms with Crippen LogP contribution in [0.15, 0.2) is 47.4 Å². The number of hydrogen-bond donors (Lipinski definition) is 2. The second kappa shape index (κ2) is 17.7. The Bertz CT molecular complexity index is 1420. The van der Waals surface area contributed by atoms with Crippen LogP contribution in [0, 0.1) is 29.1 Å². The first-order valence-corrected chi connectivity index (χ1v) is 15.6. The minimum absolute atomic E-state index is 0.00330. The fourth-order valence-electron chi connectivity index (χ4n) is 4.83. The van der Waals surface area contributed by atoms with Crippen LogP contribution in [0.5, 0.6) is 5.75 Å². The molecule has 1 amide bonds. The predicted molar refractivity (Wildman–Crippen MR) is 166 cm³/mol. The number of hydrogen-bond acceptors (Lipinski definition) is 5. The van der Waals surface area contributed by atoms with Crippen molar-refractivity contribution in [1.82, 2.24) is 4.31 Å². The number of phenols is 1. The summed E-state index contributed by atoms with van der Waals surface area (Å²) in [5.74, 6) is -12.7. The summed E-state index contributed by atoms with van der Waals surface area (Å²) >= 11 is 0.170. The van der Waals surface area contributed by atoms with Gasteiger partial charge in [0.05, 0.1) is 13.1 Å². The van der Waals surface area contributed by atoms with Gasteiger partial charge in [-0.3, -0.25) is 4.79 Å². The lowest BCUT2D eigenvalue weighted by atomic mass is 9.84. The lowest BCUT2D eigenvalue weighted by Crippen LogP contribution is -2.37. The first-order valence-electron chi connectivity index (χ1n) is 14.8. The van der Waals surface area contributed by atoms with Gasteiger partial charge in [0.15, 0.2) is 23.3 Å². The van der Waals surface area contributed by atoms with Crippen LogP contribution in [0.4, 0.5) is 27.6 Å². The minimum Gasteiger partial charge on any atom is -0.507 e. The van der Waals surface area contributed by atoms with Crippen LogP contribution >= 0.6 is 11.9 Å². The van der Waals surface area contributed by atoms with Crippen molar-refractivity contribution in [1.29, 1.82) is 0 Å². The summed E-state index contributed by atoms with van der Waals surface area (Å²) in [6, 6.07) is 11.3.